The van der Waals surface area contributed by atoms with Crippen LogP contribution in [-0.4, -0.2) is 26.8 Å². The Morgan fingerprint density at radius 3 is 2.57 bits per heavy atom. The molecule has 1 aromatic carbocycles. The lowest BCUT2D eigenvalue weighted by molar-refractivity contribution is -0.146. The highest BCUT2D eigenvalue weighted by molar-refractivity contribution is 5.92. The standard InChI is InChI=1S/C15H17N3O3/c1-15(2,14(20)21)18-10-12(9-16-18)17-13(19)8-11-6-4-3-5-7-11/h3-7,9-10H,8H2,1-2H3,(H,17,19)(H,20,21). The fraction of sp³-hybridized carbons (Fsp3) is 0.267. The molecule has 2 aromatic rings. The molecular formula is C15H17N3O3. The number of anilines is 1. The van der Waals surface area contributed by atoms with Gasteiger partial charge in [-0.2, -0.15) is 5.10 Å². The molecule has 21 heavy (non-hydrogen) atoms. The zero-order chi connectivity index (χ0) is 15.5. The van der Waals surface area contributed by atoms with Gasteiger partial charge in [0.2, 0.25) is 5.91 Å². The fourth-order valence-corrected chi connectivity index (χ4v) is 1.78. The van der Waals surface area contributed by atoms with Crippen LogP contribution in [0.3, 0.4) is 0 Å². The molecule has 0 fully saturated rings. The smallest absolute Gasteiger partial charge is 0.331 e. The van der Waals surface area contributed by atoms with Crippen LogP contribution in [0, 0.1) is 0 Å². The van der Waals surface area contributed by atoms with Crippen LogP contribution in [0.1, 0.15) is 19.4 Å². The molecule has 0 aliphatic heterocycles. The van der Waals surface area contributed by atoms with E-state index in [1.807, 2.05) is 30.3 Å². The van der Waals surface area contributed by atoms with E-state index in [0.717, 1.165) is 5.56 Å². The third kappa shape index (κ3) is 3.47. The first-order chi connectivity index (χ1) is 9.89. The average molecular weight is 287 g/mol. The number of amides is 1. The first kappa shape index (κ1) is 14.8. The molecule has 0 unspecified atom stereocenters. The van der Waals surface area contributed by atoms with Crippen LogP contribution < -0.4 is 5.32 Å². The number of aromatic nitrogens is 2. The first-order valence-electron chi connectivity index (χ1n) is 6.52. The molecule has 6 nitrogen and oxygen atoms in total. The van der Waals surface area contributed by atoms with Crippen LogP contribution in [0.25, 0.3) is 0 Å². The van der Waals surface area contributed by atoms with Crippen LogP contribution in [0.5, 0.6) is 0 Å². The van der Waals surface area contributed by atoms with Gasteiger partial charge in [0.05, 0.1) is 18.3 Å². The largest absolute Gasteiger partial charge is 0.479 e. The number of carbonyl (C=O) groups excluding carboxylic acids is 1. The van der Waals surface area contributed by atoms with Crippen molar-refractivity contribution >= 4 is 17.6 Å². The summed E-state index contributed by atoms with van der Waals surface area (Å²) < 4.78 is 1.31. The van der Waals surface area contributed by atoms with Gasteiger partial charge in [-0.15, -0.1) is 0 Å². The van der Waals surface area contributed by atoms with Gasteiger partial charge in [-0.3, -0.25) is 9.48 Å². The number of carboxylic acids is 1. The van der Waals surface area contributed by atoms with Gasteiger partial charge in [0, 0.05) is 6.20 Å². The number of aliphatic carboxylic acids is 1. The summed E-state index contributed by atoms with van der Waals surface area (Å²) in [6.45, 7) is 3.08. The topological polar surface area (TPSA) is 84.2 Å². The zero-order valence-electron chi connectivity index (χ0n) is 11.9. The molecule has 0 atom stereocenters. The van der Waals surface area contributed by atoms with Gasteiger partial charge < -0.3 is 10.4 Å². The molecule has 0 aliphatic rings. The highest BCUT2D eigenvalue weighted by atomic mass is 16.4. The van der Waals surface area contributed by atoms with E-state index in [2.05, 4.69) is 10.4 Å². The minimum Gasteiger partial charge on any atom is -0.479 e. The average Bonchev–Trinajstić information content (AvgIpc) is 2.88. The summed E-state index contributed by atoms with van der Waals surface area (Å²) in [7, 11) is 0. The van der Waals surface area contributed by atoms with Gasteiger partial charge in [0.1, 0.15) is 0 Å². The molecular weight excluding hydrogens is 270 g/mol. The second kappa shape index (κ2) is 5.78. The fourth-order valence-electron chi connectivity index (χ4n) is 1.78. The third-order valence-electron chi connectivity index (χ3n) is 3.17. The maximum Gasteiger partial charge on any atom is 0.331 e. The minimum absolute atomic E-state index is 0.172. The molecule has 0 bridgehead atoms. The molecule has 6 heteroatoms. The van der Waals surface area contributed by atoms with E-state index in [-0.39, 0.29) is 12.3 Å². The molecule has 1 heterocycles. The molecule has 0 aliphatic carbocycles. The highest BCUT2D eigenvalue weighted by Gasteiger charge is 2.30. The van der Waals surface area contributed by atoms with E-state index in [0.29, 0.717) is 5.69 Å². The Bertz CT molecular complexity index is 647. The molecule has 110 valence electrons. The summed E-state index contributed by atoms with van der Waals surface area (Å²) in [4.78, 5) is 23.1. The molecule has 0 radical (unpaired) electrons. The number of nitrogens with zero attached hydrogens (tertiary/aromatic N) is 2. The lowest BCUT2D eigenvalue weighted by Gasteiger charge is -2.19. The molecule has 2 N–H and O–H groups in total. The van der Waals surface area contributed by atoms with Crippen molar-refractivity contribution in [2.75, 3.05) is 5.32 Å². The van der Waals surface area contributed by atoms with E-state index in [9.17, 15) is 9.59 Å². The van der Waals surface area contributed by atoms with E-state index in [1.54, 1.807) is 0 Å². The number of rotatable bonds is 5. The van der Waals surface area contributed by atoms with Crippen LogP contribution >= 0.6 is 0 Å². The van der Waals surface area contributed by atoms with E-state index >= 15 is 0 Å². The Morgan fingerprint density at radius 2 is 1.95 bits per heavy atom. The van der Waals surface area contributed by atoms with E-state index in [1.165, 1.54) is 30.9 Å². The van der Waals surface area contributed by atoms with Crippen molar-refractivity contribution in [3.8, 4) is 0 Å². The molecule has 0 spiro atoms. The molecule has 1 aromatic heterocycles. The van der Waals surface area contributed by atoms with Gasteiger partial charge in [0.15, 0.2) is 5.54 Å². The summed E-state index contributed by atoms with van der Waals surface area (Å²) in [6, 6.07) is 9.37. The van der Waals surface area contributed by atoms with Crippen LogP contribution in [-0.2, 0) is 21.5 Å². The summed E-state index contributed by atoms with van der Waals surface area (Å²) >= 11 is 0. The molecule has 0 saturated heterocycles. The lowest BCUT2D eigenvalue weighted by Crippen LogP contribution is -2.35. The summed E-state index contributed by atoms with van der Waals surface area (Å²) in [5, 5.41) is 15.8. The van der Waals surface area contributed by atoms with E-state index in [4.69, 9.17) is 5.11 Å². The van der Waals surface area contributed by atoms with Gasteiger partial charge in [-0.05, 0) is 19.4 Å². The van der Waals surface area contributed by atoms with Crippen molar-refractivity contribution in [2.45, 2.75) is 25.8 Å². The van der Waals surface area contributed by atoms with Gasteiger partial charge >= 0.3 is 5.97 Å². The minimum atomic E-state index is -1.16. The van der Waals surface area contributed by atoms with Crippen LogP contribution in [0.15, 0.2) is 42.7 Å². The number of benzene rings is 1. The predicted octanol–water partition coefficient (Wildman–Crippen LogP) is 1.88. The maximum absolute atomic E-state index is 11.9. The van der Waals surface area contributed by atoms with Crippen molar-refractivity contribution in [1.29, 1.82) is 0 Å². The predicted molar refractivity (Wildman–Crippen MR) is 78.0 cm³/mol. The highest BCUT2D eigenvalue weighted by Crippen LogP contribution is 2.17. The molecule has 1 amide bonds. The monoisotopic (exact) mass is 287 g/mol. The Labute approximate surface area is 122 Å². The first-order valence-corrected chi connectivity index (χ1v) is 6.52. The zero-order valence-corrected chi connectivity index (χ0v) is 11.9. The second-order valence-electron chi connectivity index (χ2n) is 5.25. The van der Waals surface area contributed by atoms with Crippen molar-refractivity contribution < 1.29 is 14.7 Å². The number of hydrogen-bond acceptors (Lipinski definition) is 3. The SMILES string of the molecule is CC(C)(C(=O)O)n1cc(NC(=O)Cc2ccccc2)cn1. The number of carbonyl (C=O) groups is 2. The number of nitrogens with one attached hydrogen (secondary N) is 1. The Morgan fingerprint density at radius 1 is 1.29 bits per heavy atom. The third-order valence-corrected chi connectivity index (χ3v) is 3.17. The summed E-state index contributed by atoms with van der Waals surface area (Å²) in [5.41, 5.74) is 0.223. The molecule has 2 rings (SSSR count). The van der Waals surface area contributed by atoms with Crippen molar-refractivity contribution in [3.05, 3.63) is 48.3 Å². The van der Waals surface area contributed by atoms with Gasteiger partial charge in [-0.25, -0.2) is 4.79 Å². The van der Waals surface area contributed by atoms with Crippen molar-refractivity contribution in [2.24, 2.45) is 0 Å². The summed E-state index contributed by atoms with van der Waals surface area (Å²) in [5.74, 6) is -1.17. The number of carboxylic acid groups (broad SMARTS) is 1. The van der Waals surface area contributed by atoms with Crippen molar-refractivity contribution in [3.63, 3.8) is 0 Å². The lowest BCUT2D eigenvalue weighted by atomic mass is 10.1. The van der Waals surface area contributed by atoms with E-state index < -0.39 is 11.5 Å². The second-order valence-corrected chi connectivity index (χ2v) is 5.25. The van der Waals surface area contributed by atoms with Crippen LogP contribution in [0.4, 0.5) is 5.69 Å². The maximum atomic E-state index is 11.9. The normalized spacial score (nSPS) is 11.1. The van der Waals surface area contributed by atoms with Crippen molar-refractivity contribution in [1.82, 2.24) is 9.78 Å². The Kier molecular flexibility index (Phi) is 4.07. The van der Waals surface area contributed by atoms with Crippen LogP contribution in [0.2, 0.25) is 0 Å². The molecule has 0 saturated carbocycles. The summed E-state index contributed by atoms with van der Waals surface area (Å²) in [6.07, 6.45) is 3.21. The van der Waals surface area contributed by atoms with Gasteiger partial charge in [0.25, 0.3) is 0 Å². The Hall–Kier alpha value is -2.63. The number of hydrogen-bond donors (Lipinski definition) is 2. The quantitative estimate of drug-likeness (QED) is 0.879. The van der Waals surface area contributed by atoms with Gasteiger partial charge in [-0.1, -0.05) is 30.3 Å². The Balaban J connectivity index is 2.03.